The molecule has 2 aromatic rings. The third-order valence-electron chi connectivity index (χ3n) is 4.66. The first kappa shape index (κ1) is 21.1. The van der Waals surface area contributed by atoms with Gasteiger partial charge in [-0.25, -0.2) is 8.42 Å². The predicted molar refractivity (Wildman–Crippen MR) is 111 cm³/mol. The van der Waals surface area contributed by atoms with Crippen LogP contribution >= 0.6 is 0 Å². The van der Waals surface area contributed by atoms with Gasteiger partial charge in [-0.3, -0.25) is 9.52 Å². The van der Waals surface area contributed by atoms with Gasteiger partial charge in [-0.2, -0.15) is 0 Å². The van der Waals surface area contributed by atoms with Crippen LogP contribution in [0.3, 0.4) is 0 Å². The van der Waals surface area contributed by atoms with Gasteiger partial charge in [0.25, 0.3) is 15.9 Å². The second-order valence-electron chi connectivity index (χ2n) is 6.91. The molecule has 1 atom stereocenters. The fourth-order valence-corrected chi connectivity index (χ4v) is 4.30. The Morgan fingerprint density at radius 3 is 2.66 bits per heavy atom. The third kappa shape index (κ3) is 5.48. The Balaban J connectivity index is 1.72. The van der Waals surface area contributed by atoms with Crippen molar-refractivity contribution in [2.75, 3.05) is 31.5 Å². The van der Waals surface area contributed by atoms with Crippen LogP contribution in [0, 0.1) is 0 Å². The number of amides is 1. The highest BCUT2D eigenvalue weighted by atomic mass is 32.2. The number of hydrogen-bond donors (Lipinski definition) is 1. The zero-order valence-electron chi connectivity index (χ0n) is 16.6. The van der Waals surface area contributed by atoms with E-state index in [0.29, 0.717) is 30.2 Å². The maximum atomic E-state index is 12.7. The van der Waals surface area contributed by atoms with Crippen molar-refractivity contribution in [1.82, 2.24) is 4.90 Å². The monoisotopic (exact) mass is 418 g/mol. The van der Waals surface area contributed by atoms with Gasteiger partial charge in [0.1, 0.15) is 5.75 Å². The summed E-state index contributed by atoms with van der Waals surface area (Å²) in [6.45, 7) is 3.62. The van der Waals surface area contributed by atoms with Crippen LogP contribution in [0.25, 0.3) is 0 Å². The molecule has 7 nitrogen and oxygen atoms in total. The molecule has 0 aromatic heterocycles. The number of anilines is 1. The van der Waals surface area contributed by atoms with E-state index in [0.717, 1.165) is 19.4 Å². The number of benzene rings is 2. The lowest BCUT2D eigenvalue weighted by Gasteiger charge is -2.21. The van der Waals surface area contributed by atoms with E-state index in [2.05, 4.69) is 4.72 Å². The minimum absolute atomic E-state index is 0.0303. The van der Waals surface area contributed by atoms with Crippen molar-refractivity contribution in [2.24, 2.45) is 0 Å². The third-order valence-corrected chi connectivity index (χ3v) is 6.04. The van der Waals surface area contributed by atoms with E-state index in [1.807, 2.05) is 6.92 Å². The molecule has 1 saturated heterocycles. The van der Waals surface area contributed by atoms with Crippen molar-refractivity contribution < 1.29 is 22.7 Å². The highest BCUT2D eigenvalue weighted by Gasteiger charge is 2.22. The van der Waals surface area contributed by atoms with Crippen LogP contribution in [0.4, 0.5) is 5.69 Å². The molecular formula is C21H26N2O5S. The predicted octanol–water partition coefficient (Wildman–Crippen LogP) is 3.14. The zero-order chi connectivity index (χ0) is 20.9. The number of nitrogens with zero attached hydrogens (tertiary/aromatic N) is 1. The molecule has 156 valence electrons. The Morgan fingerprint density at radius 2 is 2.00 bits per heavy atom. The number of rotatable bonds is 8. The minimum atomic E-state index is -3.83. The molecule has 1 aliphatic rings. The summed E-state index contributed by atoms with van der Waals surface area (Å²) in [5, 5.41) is 0. The molecule has 1 fully saturated rings. The lowest BCUT2D eigenvalue weighted by molar-refractivity contribution is 0.0587. The summed E-state index contributed by atoms with van der Waals surface area (Å²) in [4.78, 5) is 14.3. The van der Waals surface area contributed by atoms with Crippen LogP contribution in [0.2, 0.25) is 0 Å². The van der Waals surface area contributed by atoms with Gasteiger partial charge in [-0.05, 0) is 62.2 Å². The second kappa shape index (κ2) is 9.28. The molecule has 1 unspecified atom stereocenters. The molecule has 1 amide bonds. The van der Waals surface area contributed by atoms with Gasteiger partial charge in [0.2, 0.25) is 0 Å². The van der Waals surface area contributed by atoms with Crippen LogP contribution < -0.4 is 9.46 Å². The van der Waals surface area contributed by atoms with E-state index in [4.69, 9.17) is 9.47 Å². The summed E-state index contributed by atoms with van der Waals surface area (Å²) in [7, 11) is -2.13. The average Bonchev–Trinajstić information content (AvgIpc) is 3.22. The summed E-state index contributed by atoms with van der Waals surface area (Å²) >= 11 is 0. The summed E-state index contributed by atoms with van der Waals surface area (Å²) < 4.78 is 39.0. The Bertz CT molecular complexity index is 938. The highest BCUT2D eigenvalue weighted by Crippen LogP contribution is 2.21. The van der Waals surface area contributed by atoms with Gasteiger partial charge in [0, 0.05) is 31.5 Å². The molecule has 0 bridgehead atoms. The summed E-state index contributed by atoms with van der Waals surface area (Å²) in [6, 6.07) is 12.7. The Labute approximate surface area is 171 Å². The van der Waals surface area contributed by atoms with Gasteiger partial charge in [0.15, 0.2) is 0 Å². The Kier molecular flexibility index (Phi) is 6.76. The molecule has 1 N–H and O–H groups in total. The molecule has 0 aliphatic carbocycles. The lowest BCUT2D eigenvalue weighted by Crippen LogP contribution is -2.34. The number of carbonyl (C=O) groups is 1. The molecule has 2 aromatic carbocycles. The number of nitrogens with one attached hydrogen (secondary N) is 1. The van der Waals surface area contributed by atoms with Crippen molar-refractivity contribution in [1.29, 1.82) is 0 Å². The molecule has 0 saturated carbocycles. The smallest absolute Gasteiger partial charge is 0.261 e. The van der Waals surface area contributed by atoms with Crippen molar-refractivity contribution in [3.63, 3.8) is 0 Å². The van der Waals surface area contributed by atoms with Crippen LogP contribution in [0.5, 0.6) is 5.75 Å². The van der Waals surface area contributed by atoms with E-state index < -0.39 is 10.0 Å². The molecule has 1 aliphatic heterocycles. The largest absolute Gasteiger partial charge is 0.494 e. The fourth-order valence-electron chi connectivity index (χ4n) is 3.19. The van der Waals surface area contributed by atoms with Gasteiger partial charge in [-0.1, -0.05) is 6.07 Å². The molecule has 0 spiro atoms. The van der Waals surface area contributed by atoms with Crippen molar-refractivity contribution in [3.05, 3.63) is 54.1 Å². The maximum absolute atomic E-state index is 12.7. The first-order valence-corrected chi connectivity index (χ1v) is 11.1. The molecule has 0 radical (unpaired) electrons. The minimum Gasteiger partial charge on any atom is -0.494 e. The van der Waals surface area contributed by atoms with Crippen molar-refractivity contribution in [2.45, 2.75) is 30.8 Å². The quantitative estimate of drug-likeness (QED) is 0.712. The number of likely N-dealkylation sites (N-methyl/N-ethyl adjacent to an activating group) is 1. The standard InChI is InChI=1S/C21H26N2O5S/c1-3-27-18-11-9-17(10-12-18)22-29(25,26)20-8-4-6-16(14-20)21(24)23(2)15-19-7-5-13-28-19/h4,6,8-12,14,19,22H,3,5,7,13,15H2,1-2H3. The number of ether oxygens (including phenoxy) is 2. The van der Waals surface area contributed by atoms with E-state index >= 15 is 0 Å². The van der Waals surface area contributed by atoms with Crippen LogP contribution in [0.15, 0.2) is 53.4 Å². The van der Waals surface area contributed by atoms with Crippen molar-refractivity contribution >= 4 is 21.6 Å². The first-order chi connectivity index (χ1) is 13.9. The van der Waals surface area contributed by atoms with E-state index in [-0.39, 0.29) is 16.9 Å². The van der Waals surface area contributed by atoms with Gasteiger partial charge in [0.05, 0.1) is 17.6 Å². The topological polar surface area (TPSA) is 84.9 Å². The zero-order valence-corrected chi connectivity index (χ0v) is 17.4. The number of carbonyl (C=O) groups excluding carboxylic acids is 1. The average molecular weight is 419 g/mol. The normalized spacial score (nSPS) is 16.4. The summed E-state index contributed by atoms with van der Waals surface area (Å²) in [5.41, 5.74) is 0.737. The van der Waals surface area contributed by atoms with Gasteiger partial charge >= 0.3 is 0 Å². The van der Waals surface area contributed by atoms with Crippen LogP contribution in [-0.2, 0) is 14.8 Å². The van der Waals surface area contributed by atoms with E-state index in [1.54, 1.807) is 48.3 Å². The molecule has 3 rings (SSSR count). The SMILES string of the molecule is CCOc1ccc(NS(=O)(=O)c2cccc(C(=O)N(C)CC3CCCO3)c2)cc1. The van der Waals surface area contributed by atoms with E-state index in [1.165, 1.54) is 12.1 Å². The number of sulfonamides is 1. The van der Waals surface area contributed by atoms with Crippen LogP contribution in [0.1, 0.15) is 30.1 Å². The maximum Gasteiger partial charge on any atom is 0.261 e. The Morgan fingerprint density at radius 1 is 1.24 bits per heavy atom. The Hall–Kier alpha value is -2.58. The second-order valence-corrected chi connectivity index (χ2v) is 8.59. The van der Waals surface area contributed by atoms with Gasteiger partial charge in [-0.15, -0.1) is 0 Å². The number of hydrogen-bond acceptors (Lipinski definition) is 5. The first-order valence-electron chi connectivity index (χ1n) is 9.62. The van der Waals surface area contributed by atoms with E-state index in [9.17, 15) is 13.2 Å². The highest BCUT2D eigenvalue weighted by molar-refractivity contribution is 7.92. The molecule has 1 heterocycles. The molecule has 8 heteroatoms. The van der Waals surface area contributed by atoms with Gasteiger partial charge < -0.3 is 14.4 Å². The summed E-state index contributed by atoms with van der Waals surface area (Å²) in [6.07, 6.45) is 1.97. The van der Waals surface area contributed by atoms with Crippen molar-refractivity contribution in [3.8, 4) is 5.75 Å². The lowest BCUT2D eigenvalue weighted by atomic mass is 10.2. The summed E-state index contributed by atoms with van der Waals surface area (Å²) in [5.74, 6) is 0.427. The molecule has 29 heavy (non-hydrogen) atoms. The fraction of sp³-hybridized carbons (Fsp3) is 0.381. The molecular weight excluding hydrogens is 392 g/mol. The van der Waals surface area contributed by atoms with Crippen LogP contribution in [-0.4, -0.2) is 52.1 Å².